The number of ketones is 1. The second-order valence-corrected chi connectivity index (χ2v) is 3.35. The smallest absolute Gasteiger partial charge is 0.141 e. The summed E-state index contributed by atoms with van der Waals surface area (Å²) in [6.45, 7) is 2.42. The normalized spacial score (nSPS) is 12.4. The highest BCUT2D eigenvalue weighted by Crippen LogP contribution is 2.07. The van der Waals surface area contributed by atoms with E-state index in [1.54, 1.807) is 12.4 Å². The Bertz CT molecular complexity index is 281. The van der Waals surface area contributed by atoms with E-state index in [0.29, 0.717) is 13.0 Å². The van der Waals surface area contributed by atoms with E-state index >= 15 is 0 Å². The van der Waals surface area contributed by atoms with Gasteiger partial charge >= 0.3 is 0 Å². The second-order valence-electron chi connectivity index (χ2n) is 3.35. The van der Waals surface area contributed by atoms with Crippen molar-refractivity contribution in [2.75, 3.05) is 6.54 Å². The van der Waals surface area contributed by atoms with Gasteiger partial charge in [-0.3, -0.25) is 9.78 Å². The van der Waals surface area contributed by atoms with E-state index in [1.807, 2.05) is 19.1 Å². The Balaban J connectivity index is 2.57. The quantitative estimate of drug-likeness (QED) is 0.762. The maximum atomic E-state index is 11.7. The number of aromatic nitrogens is 1. The van der Waals surface area contributed by atoms with E-state index in [4.69, 9.17) is 5.73 Å². The van der Waals surface area contributed by atoms with Crippen molar-refractivity contribution in [1.82, 2.24) is 4.98 Å². The van der Waals surface area contributed by atoms with Crippen LogP contribution in [0.15, 0.2) is 24.5 Å². The number of hydrogen-bond acceptors (Lipinski definition) is 3. The largest absolute Gasteiger partial charge is 0.330 e. The van der Waals surface area contributed by atoms with Gasteiger partial charge in [0.05, 0.1) is 0 Å². The standard InChI is InChI=1S/C11H16N2O/c1-2-10(7-12)11(14)6-9-4-3-5-13-8-9/h3-5,8,10H,2,6-7,12H2,1H3. The summed E-state index contributed by atoms with van der Waals surface area (Å²) in [5.74, 6) is 0.207. The van der Waals surface area contributed by atoms with Crippen molar-refractivity contribution in [3.05, 3.63) is 30.1 Å². The number of rotatable bonds is 5. The first-order valence-corrected chi connectivity index (χ1v) is 4.89. The summed E-state index contributed by atoms with van der Waals surface area (Å²) < 4.78 is 0. The molecule has 14 heavy (non-hydrogen) atoms. The van der Waals surface area contributed by atoms with E-state index in [-0.39, 0.29) is 11.7 Å². The predicted molar refractivity (Wildman–Crippen MR) is 55.8 cm³/mol. The molecule has 1 aromatic rings. The fourth-order valence-electron chi connectivity index (χ4n) is 1.37. The molecule has 1 unspecified atom stereocenters. The molecule has 1 rings (SSSR count). The average Bonchev–Trinajstić information content (AvgIpc) is 2.21. The van der Waals surface area contributed by atoms with Gasteiger partial charge in [-0.1, -0.05) is 13.0 Å². The summed E-state index contributed by atoms with van der Waals surface area (Å²) in [7, 11) is 0. The molecule has 0 aromatic carbocycles. The molecule has 0 aliphatic carbocycles. The molecule has 0 spiro atoms. The Hall–Kier alpha value is -1.22. The summed E-state index contributed by atoms with van der Waals surface area (Å²) in [5.41, 5.74) is 6.46. The Morgan fingerprint density at radius 2 is 2.43 bits per heavy atom. The Kier molecular flexibility index (Phi) is 4.26. The third-order valence-corrected chi connectivity index (χ3v) is 2.33. The van der Waals surface area contributed by atoms with Crippen LogP contribution in [0.25, 0.3) is 0 Å². The molecule has 0 bridgehead atoms. The molecule has 1 aromatic heterocycles. The molecular formula is C11H16N2O. The van der Waals surface area contributed by atoms with Crippen LogP contribution in [0.3, 0.4) is 0 Å². The molecule has 0 radical (unpaired) electrons. The number of nitrogens with two attached hydrogens (primary N) is 1. The van der Waals surface area contributed by atoms with Gasteiger partial charge in [0.25, 0.3) is 0 Å². The van der Waals surface area contributed by atoms with Gasteiger partial charge < -0.3 is 5.73 Å². The van der Waals surface area contributed by atoms with Crippen LogP contribution >= 0.6 is 0 Å². The van der Waals surface area contributed by atoms with Gasteiger partial charge in [0.2, 0.25) is 0 Å². The highest BCUT2D eigenvalue weighted by Gasteiger charge is 2.14. The van der Waals surface area contributed by atoms with Crippen LogP contribution in [-0.4, -0.2) is 17.3 Å². The first-order chi connectivity index (χ1) is 6.77. The third kappa shape index (κ3) is 2.92. The first kappa shape index (κ1) is 10.9. The lowest BCUT2D eigenvalue weighted by Crippen LogP contribution is -2.24. The van der Waals surface area contributed by atoms with Crippen LogP contribution in [0, 0.1) is 5.92 Å². The zero-order valence-electron chi connectivity index (χ0n) is 8.44. The lowest BCUT2D eigenvalue weighted by atomic mass is 9.96. The Morgan fingerprint density at radius 1 is 1.64 bits per heavy atom. The van der Waals surface area contributed by atoms with Crippen molar-refractivity contribution in [2.24, 2.45) is 11.7 Å². The number of carbonyl (C=O) groups excluding carboxylic acids is 1. The molecule has 3 heteroatoms. The average molecular weight is 192 g/mol. The lowest BCUT2D eigenvalue weighted by Gasteiger charge is -2.10. The van der Waals surface area contributed by atoms with Gasteiger partial charge in [0.15, 0.2) is 0 Å². The number of hydrogen-bond donors (Lipinski definition) is 1. The van der Waals surface area contributed by atoms with E-state index in [2.05, 4.69) is 4.98 Å². The summed E-state index contributed by atoms with van der Waals surface area (Å²) in [6.07, 6.45) is 4.69. The minimum atomic E-state index is -0.00444. The summed E-state index contributed by atoms with van der Waals surface area (Å²) >= 11 is 0. The minimum Gasteiger partial charge on any atom is -0.330 e. The fourth-order valence-corrected chi connectivity index (χ4v) is 1.37. The molecule has 76 valence electrons. The molecule has 0 aliphatic rings. The van der Waals surface area contributed by atoms with Gasteiger partial charge in [-0.05, 0) is 18.1 Å². The van der Waals surface area contributed by atoms with Crippen LogP contribution in [-0.2, 0) is 11.2 Å². The van der Waals surface area contributed by atoms with Crippen LogP contribution in [0.2, 0.25) is 0 Å². The van der Waals surface area contributed by atoms with Crippen molar-refractivity contribution in [1.29, 1.82) is 0 Å². The zero-order valence-corrected chi connectivity index (χ0v) is 8.44. The Morgan fingerprint density at radius 3 is 2.93 bits per heavy atom. The lowest BCUT2D eigenvalue weighted by molar-refractivity contribution is -0.122. The first-order valence-electron chi connectivity index (χ1n) is 4.89. The molecule has 0 fully saturated rings. The molecule has 1 atom stereocenters. The molecular weight excluding hydrogens is 176 g/mol. The summed E-state index contributed by atoms with van der Waals surface area (Å²) in [5, 5.41) is 0. The van der Waals surface area contributed by atoms with Gasteiger partial charge in [0.1, 0.15) is 5.78 Å². The number of carbonyl (C=O) groups is 1. The monoisotopic (exact) mass is 192 g/mol. The summed E-state index contributed by atoms with van der Waals surface area (Å²) in [6, 6.07) is 3.75. The van der Waals surface area contributed by atoms with E-state index in [9.17, 15) is 4.79 Å². The molecule has 0 aliphatic heterocycles. The van der Waals surface area contributed by atoms with Crippen LogP contribution < -0.4 is 5.73 Å². The van der Waals surface area contributed by atoms with Crippen molar-refractivity contribution in [2.45, 2.75) is 19.8 Å². The highest BCUT2D eigenvalue weighted by molar-refractivity contribution is 5.83. The van der Waals surface area contributed by atoms with Gasteiger partial charge in [0, 0.05) is 31.3 Å². The zero-order chi connectivity index (χ0) is 10.4. The second kappa shape index (κ2) is 5.50. The SMILES string of the molecule is CCC(CN)C(=O)Cc1cccnc1. The molecule has 0 saturated heterocycles. The fraction of sp³-hybridized carbons (Fsp3) is 0.455. The topological polar surface area (TPSA) is 56.0 Å². The maximum Gasteiger partial charge on any atom is 0.141 e. The minimum absolute atomic E-state index is 0.00444. The van der Waals surface area contributed by atoms with Crippen molar-refractivity contribution in [3.8, 4) is 0 Å². The van der Waals surface area contributed by atoms with Crippen molar-refractivity contribution in [3.63, 3.8) is 0 Å². The van der Waals surface area contributed by atoms with Crippen LogP contribution in [0.4, 0.5) is 0 Å². The number of pyridine rings is 1. The molecule has 0 saturated carbocycles. The van der Waals surface area contributed by atoms with E-state index in [1.165, 1.54) is 0 Å². The predicted octanol–water partition coefficient (Wildman–Crippen LogP) is 1.18. The van der Waals surface area contributed by atoms with Crippen LogP contribution in [0.5, 0.6) is 0 Å². The third-order valence-electron chi connectivity index (χ3n) is 2.33. The molecule has 2 N–H and O–H groups in total. The van der Waals surface area contributed by atoms with Gasteiger partial charge in [-0.25, -0.2) is 0 Å². The van der Waals surface area contributed by atoms with Crippen LogP contribution in [0.1, 0.15) is 18.9 Å². The maximum absolute atomic E-state index is 11.7. The summed E-state index contributed by atoms with van der Waals surface area (Å²) in [4.78, 5) is 15.6. The number of Topliss-reactive ketones (excluding diaryl/α,β-unsaturated/α-hetero) is 1. The highest BCUT2D eigenvalue weighted by atomic mass is 16.1. The van der Waals surface area contributed by atoms with Gasteiger partial charge in [-0.2, -0.15) is 0 Å². The molecule has 0 amide bonds. The number of nitrogens with zero attached hydrogens (tertiary/aromatic N) is 1. The Labute approximate surface area is 84.3 Å². The molecule has 3 nitrogen and oxygen atoms in total. The molecule has 1 heterocycles. The van der Waals surface area contributed by atoms with Crippen molar-refractivity contribution < 1.29 is 4.79 Å². The van der Waals surface area contributed by atoms with Crippen molar-refractivity contribution >= 4 is 5.78 Å². The van der Waals surface area contributed by atoms with E-state index < -0.39 is 0 Å². The van der Waals surface area contributed by atoms with E-state index in [0.717, 1.165) is 12.0 Å². The van der Waals surface area contributed by atoms with Gasteiger partial charge in [-0.15, -0.1) is 0 Å².